The molecule has 0 saturated heterocycles. The zero-order valence-electron chi connectivity index (χ0n) is 15.6. The summed E-state index contributed by atoms with van der Waals surface area (Å²) in [5.41, 5.74) is -17.2. The SMILES string of the molecule is N#Cc1ccc(-c2c(Br)[c]c([S+]([O-])C(F)(F)F)cc2C(F)(C(F)(F)F)C(F)(F)C(F)(F)F)cc1. The van der Waals surface area contributed by atoms with Gasteiger partial charge in [0.15, 0.2) is 4.90 Å². The Balaban J connectivity index is 3.09. The number of hydrogen-bond donors (Lipinski definition) is 0. The van der Waals surface area contributed by atoms with Gasteiger partial charge in [-0.1, -0.05) is 12.1 Å². The first-order chi connectivity index (χ1) is 15.2. The molecule has 0 aromatic heterocycles. The molecule has 2 nitrogen and oxygen atoms in total. The number of hydrogen-bond acceptors (Lipinski definition) is 2. The number of benzene rings is 2. The third kappa shape index (κ3) is 4.69. The van der Waals surface area contributed by atoms with Gasteiger partial charge < -0.3 is 4.55 Å². The van der Waals surface area contributed by atoms with Crippen molar-refractivity contribution >= 4 is 27.1 Å². The second-order valence-corrected chi connectivity index (χ2v) is 8.60. The van der Waals surface area contributed by atoms with Crippen molar-refractivity contribution in [2.24, 2.45) is 0 Å². The van der Waals surface area contributed by atoms with E-state index in [0.29, 0.717) is 0 Å². The van der Waals surface area contributed by atoms with Gasteiger partial charge in [-0.2, -0.15) is 40.4 Å². The Morgan fingerprint density at radius 2 is 1.35 bits per heavy atom. The summed E-state index contributed by atoms with van der Waals surface area (Å²) >= 11 is -1.89. The third-order valence-corrected chi connectivity index (χ3v) is 5.89. The van der Waals surface area contributed by atoms with E-state index in [4.69, 9.17) is 5.26 Å². The predicted octanol–water partition coefficient (Wildman–Crippen LogP) is 7.34. The minimum atomic E-state index is -7.21. The van der Waals surface area contributed by atoms with E-state index in [1.165, 1.54) is 0 Å². The van der Waals surface area contributed by atoms with E-state index in [2.05, 4.69) is 15.9 Å². The molecule has 0 aliphatic rings. The van der Waals surface area contributed by atoms with Gasteiger partial charge in [0.2, 0.25) is 0 Å². The maximum Gasteiger partial charge on any atom is 0.578 e. The molecule has 0 saturated carbocycles. The first-order valence-electron chi connectivity index (χ1n) is 8.15. The maximum atomic E-state index is 15.3. The van der Waals surface area contributed by atoms with Crippen LogP contribution in [0.5, 0.6) is 0 Å². The highest BCUT2D eigenvalue weighted by atomic mass is 79.9. The third-order valence-electron chi connectivity index (χ3n) is 4.26. The topological polar surface area (TPSA) is 46.8 Å². The van der Waals surface area contributed by atoms with Crippen molar-refractivity contribution in [3.8, 4) is 17.2 Å². The number of alkyl halides is 12. The number of halogens is 13. The Bertz CT molecular complexity index is 1100. The quantitative estimate of drug-likeness (QED) is 0.276. The first kappa shape index (κ1) is 28.1. The van der Waals surface area contributed by atoms with Crippen LogP contribution < -0.4 is 0 Å². The molecule has 185 valence electrons. The summed E-state index contributed by atoms with van der Waals surface area (Å²) in [4.78, 5) is -1.85. The molecular weight excluding hydrogens is 586 g/mol. The number of nitriles is 1. The average Bonchev–Trinajstić information content (AvgIpc) is 2.69. The van der Waals surface area contributed by atoms with Gasteiger partial charge in [-0.05, 0) is 33.6 Å². The standard InChI is InChI=1S/C18H5BrF12NOS/c19-12-6-10(34(33)18(29,30)31)5-11(13(12)9-3-1-8(7-32)2-4-9)14(20,16(23,24)25)15(21,22)17(26,27)28/h1-5H. The molecule has 0 aliphatic heterocycles. The number of nitrogens with zero attached hydrogens (tertiary/aromatic N) is 1. The van der Waals surface area contributed by atoms with Crippen molar-refractivity contribution in [2.75, 3.05) is 0 Å². The van der Waals surface area contributed by atoms with E-state index in [1.54, 1.807) is 12.1 Å². The molecule has 0 N–H and O–H groups in total. The van der Waals surface area contributed by atoms with Crippen LogP contribution in [-0.2, 0) is 16.8 Å². The summed E-state index contributed by atoms with van der Waals surface area (Å²) in [6, 6.07) is 5.71. The minimum Gasteiger partial charge on any atom is -0.604 e. The highest BCUT2D eigenvalue weighted by Gasteiger charge is 2.82. The molecule has 2 aromatic carbocycles. The van der Waals surface area contributed by atoms with Crippen LogP contribution in [0.1, 0.15) is 11.1 Å². The summed E-state index contributed by atoms with van der Waals surface area (Å²) in [5, 5.41) is 8.78. The van der Waals surface area contributed by atoms with Crippen LogP contribution in [-0.4, -0.2) is 28.3 Å². The van der Waals surface area contributed by atoms with E-state index in [0.717, 1.165) is 24.3 Å². The van der Waals surface area contributed by atoms with E-state index >= 15 is 4.39 Å². The van der Waals surface area contributed by atoms with Gasteiger partial charge in [-0.25, -0.2) is 4.39 Å². The monoisotopic (exact) mass is 590 g/mol. The smallest absolute Gasteiger partial charge is 0.578 e. The maximum absolute atomic E-state index is 15.3. The van der Waals surface area contributed by atoms with Crippen LogP contribution in [0.3, 0.4) is 0 Å². The van der Waals surface area contributed by atoms with Crippen molar-refractivity contribution in [2.45, 2.75) is 34.3 Å². The summed E-state index contributed by atoms with van der Waals surface area (Å²) < 4.78 is 172. The Morgan fingerprint density at radius 3 is 1.74 bits per heavy atom. The van der Waals surface area contributed by atoms with Gasteiger partial charge in [0, 0.05) is 21.7 Å². The molecule has 34 heavy (non-hydrogen) atoms. The lowest BCUT2D eigenvalue weighted by Crippen LogP contribution is -2.60. The van der Waals surface area contributed by atoms with Gasteiger partial charge in [0.1, 0.15) is 0 Å². The molecule has 1 radical (unpaired) electrons. The second-order valence-electron chi connectivity index (χ2n) is 6.37. The lowest BCUT2D eigenvalue weighted by Gasteiger charge is -2.37. The fourth-order valence-electron chi connectivity index (χ4n) is 2.71. The summed E-state index contributed by atoms with van der Waals surface area (Å²) in [7, 11) is 0. The Hall–Kier alpha value is -2.12. The fourth-order valence-corrected chi connectivity index (χ4v) is 4.17. The van der Waals surface area contributed by atoms with Crippen LogP contribution in [0.2, 0.25) is 0 Å². The Morgan fingerprint density at radius 1 is 0.853 bits per heavy atom. The van der Waals surface area contributed by atoms with Crippen LogP contribution in [0.15, 0.2) is 39.7 Å². The van der Waals surface area contributed by atoms with E-state index < -0.39 is 72.8 Å². The predicted molar refractivity (Wildman–Crippen MR) is 95.4 cm³/mol. The molecule has 2 aromatic rings. The molecule has 0 spiro atoms. The van der Waals surface area contributed by atoms with Crippen LogP contribution >= 0.6 is 15.9 Å². The first-order valence-corrected chi connectivity index (χ1v) is 10.1. The molecule has 0 fully saturated rings. The molecular formula is C18H5BrF12NOS. The molecule has 2 unspecified atom stereocenters. The summed E-state index contributed by atoms with van der Waals surface area (Å²) in [5.74, 6) is -7.21. The van der Waals surface area contributed by atoms with Crippen molar-refractivity contribution in [1.82, 2.24) is 0 Å². The van der Waals surface area contributed by atoms with Crippen molar-refractivity contribution in [1.29, 1.82) is 5.26 Å². The highest BCUT2D eigenvalue weighted by molar-refractivity contribution is 9.10. The van der Waals surface area contributed by atoms with E-state index in [-0.39, 0.29) is 5.56 Å². The van der Waals surface area contributed by atoms with Crippen molar-refractivity contribution in [3.05, 3.63) is 52.0 Å². The van der Waals surface area contributed by atoms with E-state index in [9.17, 15) is 52.8 Å². The molecule has 2 rings (SSSR count). The molecule has 2 atom stereocenters. The molecule has 0 heterocycles. The molecule has 0 bridgehead atoms. The fraction of sp³-hybridized carbons (Fsp3) is 0.278. The van der Waals surface area contributed by atoms with E-state index in [1.807, 2.05) is 0 Å². The van der Waals surface area contributed by atoms with Gasteiger partial charge >= 0.3 is 29.5 Å². The van der Waals surface area contributed by atoms with Crippen molar-refractivity contribution in [3.63, 3.8) is 0 Å². The minimum absolute atomic E-state index is 0.164. The second kappa shape index (κ2) is 8.83. The lowest BCUT2D eigenvalue weighted by atomic mass is 9.82. The largest absolute Gasteiger partial charge is 0.604 e. The van der Waals surface area contributed by atoms with Crippen molar-refractivity contribution < 1.29 is 57.2 Å². The molecule has 0 aliphatic carbocycles. The highest BCUT2D eigenvalue weighted by Crippen LogP contribution is 2.60. The van der Waals surface area contributed by atoms with Crippen LogP contribution in [0.25, 0.3) is 11.1 Å². The number of rotatable bonds is 4. The van der Waals surface area contributed by atoms with Gasteiger partial charge in [0.05, 0.1) is 28.9 Å². The normalized spacial score (nSPS) is 16.0. The molecule has 0 amide bonds. The lowest BCUT2D eigenvalue weighted by molar-refractivity contribution is -0.389. The Labute approximate surface area is 193 Å². The van der Waals surface area contributed by atoms with Gasteiger partial charge in [0.25, 0.3) is 0 Å². The molecule has 16 heteroatoms. The Kier molecular flexibility index (Phi) is 7.30. The summed E-state index contributed by atoms with van der Waals surface area (Å²) in [6.45, 7) is 0. The van der Waals surface area contributed by atoms with Crippen LogP contribution in [0.4, 0.5) is 52.7 Å². The van der Waals surface area contributed by atoms with Gasteiger partial charge in [-0.3, -0.25) is 0 Å². The average molecular weight is 591 g/mol. The zero-order valence-corrected chi connectivity index (χ0v) is 18.0. The van der Waals surface area contributed by atoms with Gasteiger partial charge in [-0.15, -0.1) is 13.2 Å². The zero-order chi connectivity index (χ0) is 26.5. The summed E-state index contributed by atoms with van der Waals surface area (Å²) in [6.07, 6.45) is -14.2. The van der Waals surface area contributed by atoms with Crippen LogP contribution in [0, 0.1) is 17.4 Å².